The van der Waals surface area contributed by atoms with E-state index in [-0.39, 0.29) is 22.8 Å². The summed E-state index contributed by atoms with van der Waals surface area (Å²) in [5.74, 6) is 1.11. The third-order valence-electron chi connectivity index (χ3n) is 8.84. The number of ketones is 1. The smallest absolute Gasteiger partial charge is 0.143 e. The van der Waals surface area contributed by atoms with E-state index in [0.717, 1.165) is 13.0 Å². The van der Waals surface area contributed by atoms with Gasteiger partial charge >= 0.3 is 0 Å². The summed E-state index contributed by atoms with van der Waals surface area (Å²) < 4.78 is 0. The lowest BCUT2D eigenvalue weighted by Crippen LogP contribution is -2.74. The number of carbonyl (C=O) groups is 1. The minimum atomic E-state index is 0.0386. The van der Waals surface area contributed by atoms with Crippen molar-refractivity contribution in [3.63, 3.8) is 0 Å². The van der Waals surface area contributed by atoms with Gasteiger partial charge in [0.05, 0.1) is 5.54 Å². The van der Waals surface area contributed by atoms with Crippen LogP contribution in [0.5, 0.6) is 0 Å². The van der Waals surface area contributed by atoms with Gasteiger partial charge in [0.2, 0.25) is 0 Å². The van der Waals surface area contributed by atoms with Crippen molar-refractivity contribution in [2.45, 2.75) is 49.1 Å². The predicted octanol–water partition coefficient (Wildman–Crippen LogP) is 2.57. The summed E-state index contributed by atoms with van der Waals surface area (Å²) in [4.78, 5) is 16.1. The highest BCUT2D eigenvalue weighted by atomic mass is 16.1. The lowest BCUT2D eigenvalue weighted by Gasteiger charge is -2.67. The molecule has 2 unspecified atom stereocenters. The Balaban J connectivity index is 1.64. The van der Waals surface area contributed by atoms with Crippen molar-refractivity contribution in [3.8, 4) is 0 Å². The molecule has 6 fully saturated rings. The second kappa shape index (κ2) is 3.23. The minimum absolute atomic E-state index is 0.0386. The Morgan fingerprint density at radius 1 is 1.13 bits per heavy atom. The van der Waals surface area contributed by atoms with Crippen LogP contribution >= 0.6 is 0 Å². The largest absolute Gasteiger partial charge is 0.378 e. The maximum absolute atomic E-state index is 13.4. The van der Waals surface area contributed by atoms with E-state index in [9.17, 15) is 4.79 Å². The first kappa shape index (κ1) is 12.1. The number of Topliss-reactive ketones (excluding diaryl/α,β-unsaturated/α-hetero) is 1. The third kappa shape index (κ3) is 0.914. The molecule has 4 saturated carbocycles. The van der Waals surface area contributed by atoms with Gasteiger partial charge in [-0.15, -0.1) is 0 Å². The van der Waals surface area contributed by atoms with E-state index in [1.54, 1.807) is 0 Å². The molecule has 3 aliphatic heterocycles. The summed E-state index contributed by atoms with van der Waals surface area (Å²) in [6, 6.07) is 9.55. The first-order valence-corrected chi connectivity index (χ1v) is 9.38. The zero-order valence-electron chi connectivity index (χ0n) is 13.3. The normalized spacial score (nSPS) is 54.1. The molecule has 1 aromatic rings. The molecule has 0 aromatic heterocycles. The second-order valence-corrected chi connectivity index (χ2v) is 9.09. The van der Waals surface area contributed by atoms with Crippen LogP contribution in [0, 0.1) is 17.3 Å². The topological polar surface area (TPSA) is 32.3 Å². The zero-order chi connectivity index (χ0) is 15.0. The van der Waals surface area contributed by atoms with Crippen LogP contribution in [0.3, 0.4) is 0 Å². The highest BCUT2D eigenvalue weighted by Gasteiger charge is 2.86. The predicted molar refractivity (Wildman–Crippen MR) is 87.3 cm³/mol. The second-order valence-electron chi connectivity index (χ2n) is 9.09. The van der Waals surface area contributed by atoms with Crippen molar-refractivity contribution in [2.75, 3.05) is 18.4 Å². The summed E-state index contributed by atoms with van der Waals surface area (Å²) >= 11 is 0. The number of benzene rings is 1. The molecule has 1 aromatic carbocycles. The molecule has 3 spiro atoms. The van der Waals surface area contributed by atoms with Crippen molar-refractivity contribution in [3.05, 3.63) is 29.8 Å². The van der Waals surface area contributed by atoms with Crippen LogP contribution in [0.15, 0.2) is 24.3 Å². The van der Waals surface area contributed by atoms with Gasteiger partial charge in [0.15, 0.2) is 0 Å². The van der Waals surface area contributed by atoms with Gasteiger partial charge in [0, 0.05) is 35.5 Å². The van der Waals surface area contributed by atoms with Crippen LogP contribution < -0.4 is 5.32 Å². The highest BCUT2D eigenvalue weighted by molar-refractivity contribution is 5.96. The van der Waals surface area contributed by atoms with Gasteiger partial charge in [-0.3, -0.25) is 9.69 Å². The Morgan fingerprint density at radius 2 is 2.04 bits per heavy atom. The minimum Gasteiger partial charge on any atom is -0.378 e. The highest BCUT2D eigenvalue weighted by Crippen LogP contribution is 2.79. The number of piperidine rings is 1. The van der Waals surface area contributed by atoms with Crippen LogP contribution in [0.2, 0.25) is 0 Å². The van der Waals surface area contributed by atoms with Gasteiger partial charge < -0.3 is 5.32 Å². The van der Waals surface area contributed by atoms with Crippen molar-refractivity contribution >= 4 is 11.5 Å². The van der Waals surface area contributed by atoms with Gasteiger partial charge in [-0.2, -0.15) is 0 Å². The van der Waals surface area contributed by atoms with E-state index < -0.39 is 0 Å². The van der Waals surface area contributed by atoms with Crippen molar-refractivity contribution in [1.82, 2.24) is 4.90 Å². The number of hydrogen-bond acceptors (Lipinski definition) is 3. The lowest BCUT2D eigenvalue weighted by molar-refractivity contribution is -0.136. The Labute approximate surface area is 136 Å². The fraction of sp³-hybridized carbons (Fsp3) is 0.650. The Hall–Kier alpha value is -1.35. The number of carbonyl (C=O) groups excluding carboxylic acids is 1. The quantitative estimate of drug-likeness (QED) is 0.799. The van der Waals surface area contributed by atoms with E-state index in [1.807, 2.05) is 0 Å². The van der Waals surface area contributed by atoms with E-state index in [2.05, 4.69) is 34.5 Å². The summed E-state index contributed by atoms with van der Waals surface area (Å²) in [6.07, 6.45) is 6.38. The van der Waals surface area contributed by atoms with Crippen LogP contribution in [0.25, 0.3) is 0 Å². The molecule has 1 N–H and O–H groups in total. The van der Waals surface area contributed by atoms with E-state index in [0.29, 0.717) is 17.2 Å². The number of para-hydroxylation sites is 1. The molecule has 118 valence electrons. The van der Waals surface area contributed by atoms with E-state index >= 15 is 0 Å². The van der Waals surface area contributed by atoms with Crippen molar-refractivity contribution in [2.24, 2.45) is 17.3 Å². The molecule has 4 bridgehead atoms. The van der Waals surface area contributed by atoms with Crippen LogP contribution in [0.1, 0.15) is 37.7 Å². The van der Waals surface area contributed by atoms with Crippen LogP contribution in [-0.2, 0) is 10.2 Å². The maximum atomic E-state index is 13.4. The summed E-state index contributed by atoms with van der Waals surface area (Å²) in [5, 5.41) is 3.96. The Kier molecular flexibility index (Phi) is 1.70. The Morgan fingerprint density at radius 3 is 3.00 bits per heavy atom. The number of nitrogens with zero attached hydrogens (tertiary/aromatic N) is 1. The number of nitrogens with one attached hydrogen (secondary N) is 1. The van der Waals surface area contributed by atoms with Gasteiger partial charge in [0.25, 0.3) is 0 Å². The van der Waals surface area contributed by atoms with E-state index in [4.69, 9.17) is 0 Å². The van der Waals surface area contributed by atoms with Gasteiger partial charge in [0.1, 0.15) is 5.78 Å². The lowest BCUT2D eigenvalue weighted by atomic mass is 9.41. The maximum Gasteiger partial charge on any atom is 0.143 e. The number of anilines is 1. The fourth-order valence-electron chi connectivity index (χ4n) is 8.57. The fourth-order valence-corrected chi connectivity index (χ4v) is 8.57. The number of rotatable bonds is 0. The SMILES string of the molecule is O=C1C2C[C@@]34CCCN5C[C@H]1C1(c6ccccc6N[C@]21CC3)[C@@H]54. The average molecular weight is 306 g/mol. The van der Waals surface area contributed by atoms with Gasteiger partial charge in [-0.1, -0.05) is 18.2 Å². The molecule has 0 amide bonds. The molecule has 3 heteroatoms. The zero-order valence-corrected chi connectivity index (χ0v) is 13.3. The number of hydrogen-bond donors (Lipinski definition) is 1. The Bertz CT molecular complexity index is 790. The third-order valence-corrected chi connectivity index (χ3v) is 8.84. The molecule has 7 aliphatic rings. The summed E-state index contributed by atoms with van der Waals surface area (Å²) in [7, 11) is 0. The van der Waals surface area contributed by atoms with E-state index in [1.165, 1.54) is 43.5 Å². The monoisotopic (exact) mass is 306 g/mol. The molecule has 4 aliphatic carbocycles. The molecule has 8 rings (SSSR count). The molecule has 23 heavy (non-hydrogen) atoms. The average Bonchev–Trinajstić information content (AvgIpc) is 3.13. The van der Waals surface area contributed by atoms with Crippen LogP contribution in [0.4, 0.5) is 5.69 Å². The molecule has 3 heterocycles. The standard InChI is InChI=1S/C20H22N2O/c23-16-13-10-18-6-3-9-22-11-14(16)20(17(18)22)12-4-1-2-5-15(12)21-19(13,20)8-7-18/h1-2,4-5,13-14,17,21H,3,6-11H2/t13?,14-,17+,18-,19-,20?/m1/s1. The van der Waals surface area contributed by atoms with Gasteiger partial charge in [-0.25, -0.2) is 0 Å². The molecular weight excluding hydrogens is 284 g/mol. The van der Waals surface area contributed by atoms with Crippen LogP contribution in [-0.4, -0.2) is 35.4 Å². The molecule has 6 atom stereocenters. The number of fused-ring (bicyclic) bond motifs is 2. The van der Waals surface area contributed by atoms with Crippen molar-refractivity contribution in [1.29, 1.82) is 0 Å². The summed E-state index contributed by atoms with van der Waals surface area (Å²) in [5.41, 5.74) is 3.36. The molecule has 0 radical (unpaired) electrons. The first-order chi connectivity index (χ1) is 11.2. The summed E-state index contributed by atoms with van der Waals surface area (Å²) in [6.45, 7) is 2.24. The molecular formula is C20H22N2O. The molecule has 3 nitrogen and oxygen atoms in total. The van der Waals surface area contributed by atoms with Crippen molar-refractivity contribution < 1.29 is 4.79 Å². The molecule has 2 saturated heterocycles. The van der Waals surface area contributed by atoms with Gasteiger partial charge in [-0.05, 0) is 55.7 Å². The first-order valence-electron chi connectivity index (χ1n) is 9.38.